The average Bonchev–Trinajstić information content (AvgIpc) is 3.41. The first-order valence-electron chi connectivity index (χ1n) is 8.65. The van der Waals surface area contributed by atoms with Crippen molar-refractivity contribution in [2.24, 2.45) is 0 Å². The quantitative estimate of drug-likeness (QED) is 0.422. The van der Waals surface area contributed by atoms with Crippen molar-refractivity contribution >= 4 is 40.2 Å². The summed E-state index contributed by atoms with van der Waals surface area (Å²) in [7, 11) is 1.63. The average molecular weight is 396 g/mol. The van der Waals surface area contributed by atoms with E-state index in [0.717, 1.165) is 12.8 Å². The van der Waals surface area contributed by atoms with Gasteiger partial charge < -0.3 is 10.1 Å². The first-order chi connectivity index (χ1) is 12.5. The minimum absolute atomic E-state index is 0.0265. The molecule has 1 saturated carbocycles. The highest BCUT2D eigenvalue weighted by Crippen LogP contribution is 2.26. The van der Waals surface area contributed by atoms with E-state index in [-0.39, 0.29) is 16.7 Å². The molecule has 0 bridgehead atoms. The molecule has 1 fully saturated rings. The molecule has 3 rings (SSSR count). The lowest BCUT2D eigenvalue weighted by Gasteiger charge is -2.16. The normalized spacial score (nSPS) is 15.2. The Balaban J connectivity index is 1.92. The van der Waals surface area contributed by atoms with Crippen molar-refractivity contribution in [2.75, 3.05) is 13.7 Å². The molecule has 1 aliphatic carbocycles. The highest BCUT2D eigenvalue weighted by molar-refractivity contribution is 8.00. The van der Waals surface area contributed by atoms with Crippen LogP contribution in [-0.2, 0) is 16.1 Å². The number of thioether (sulfide) groups is 1. The van der Waals surface area contributed by atoms with Gasteiger partial charge in [0, 0.05) is 31.3 Å². The predicted molar refractivity (Wildman–Crippen MR) is 104 cm³/mol. The number of benzene rings is 1. The van der Waals surface area contributed by atoms with Crippen LogP contribution >= 0.6 is 23.4 Å². The van der Waals surface area contributed by atoms with Gasteiger partial charge in [0.25, 0.3) is 5.56 Å². The predicted octanol–water partition coefficient (Wildman–Crippen LogP) is 2.85. The zero-order chi connectivity index (χ0) is 18.7. The number of halogens is 1. The van der Waals surface area contributed by atoms with Crippen molar-refractivity contribution in [2.45, 2.75) is 49.2 Å². The number of hydrogen-bond donors (Lipinski definition) is 1. The molecule has 140 valence electrons. The molecule has 26 heavy (non-hydrogen) atoms. The summed E-state index contributed by atoms with van der Waals surface area (Å²) in [5, 5.41) is 4.22. The summed E-state index contributed by atoms with van der Waals surface area (Å²) in [5.41, 5.74) is 0.419. The second-order valence-electron chi connectivity index (χ2n) is 6.40. The van der Waals surface area contributed by atoms with Gasteiger partial charge in [-0.25, -0.2) is 4.98 Å². The zero-order valence-corrected chi connectivity index (χ0v) is 16.4. The van der Waals surface area contributed by atoms with Gasteiger partial charge >= 0.3 is 0 Å². The minimum atomic E-state index is -0.340. The van der Waals surface area contributed by atoms with E-state index in [0.29, 0.717) is 46.7 Å². The van der Waals surface area contributed by atoms with Gasteiger partial charge in [0.1, 0.15) is 0 Å². The van der Waals surface area contributed by atoms with E-state index in [1.165, 1.54) is 11.8 Å². The van der Waals surface area contributed by atoms with E-state index in [1.54, 1.807) is 29.9 Å². The Morgan fingerprint density at radius 2 is 2.27 bits per heavy atom. The molecule has 1 aromatic carbocycles. The number of amides is 1. The third-order valence-electron chi connectivity index (χ3n) is 4.19. The number of carbonyl (C=O) groups excluding carboxylic acids is 1. The molecule has 2 aromatic rings. The zero-order valence-electron chi connectivity index (χ0n) is 14.8. The number of rotatable bonds is 8. The summed E-state index contributed by atoms with van der Waals surface area (Å²) in [6.07, 6.45) is 2.77. The maximum Gasteiger partial charge on any atom is 0.262 e. The van der Waals surface area contributed by atoms with Crippen molar-refractivity contribution in [3.63, 3.8) is 0 Å². The minimum Gasteiger partial charge on any atom is -0.385 e. The topological polar surface area (TPSA) is 73.2 Å². The van der Waals surface area contributed by atoms with E-state index in [9.17, 15) is 9.59 Å². The van der Waals surface area contributed by atoms with E-state index in [4.69, 9.17) is 16.3 Å². The number of hydrogen-bond acceptors (Lipinski definition) is 5. The van der Waals surface area contributed by atoms with Gasteiger partial charge in [0.15, 0.2) is 5.16 Å². The number of nitrogens with one attached hydrogen (secondary N) is 1. The lowest BCUT2D eigenvalue weighted by molar-refractivity contribution is -0.120. The SMILES string of the molecule is COCCCn1c(S[C@H](C)C(=O)NC2CC2)nc2cc(Cl)ccc2c1=O. The maximum atomic E-state index is 12.9. The van der Waals surface area contributed by atoms with Gasteiger partial charge in [-0.2, -0.15) is 0 Å². The molecular weight excluding hydrogens is 374 g/mol. The molecule has 0 spiro atoms. The Hall–Kier alpha value is -1.57. The fraction of sp³-hybridized carbons (Fsp3) is 0.500. The van der Waals surface area contributed by atoms with Crippen LogP contribution in [0.25, 0.3) is 10.9 Å². The lowest BCUT2D eigenvalue weighted by atomic mass is 10.2. The van der Waals surface area contributed by atoms with Gasteiger partial charge in [0.05, 0.1) is 16.2 Å². The van der Waals surface area contributed by atoms with E-state index in [1.807, 2.05) is 6.92 Å². The molecule has 1 amide bonds. The van der Waals surface area contributed by atoms with Gasteiger partial charge in [-0.15, -0.1) is 0 Å². The monoisotopic (exact) mass is 395 g/mol. The van der Waals surface area contributed by atoms with E-state index in [2.05, 4.69) is 10.3 Å². The van der Waals surface area contributed by atoms with Crippen LogP contribution in [0.15, 0.2) is 28.2 Å². The molecule has 8 heteroatoms. The van der Waals surface area contributed by atoms with Crippen LogP contribution in [0.2, 0.25) is 5.02 Å². The lowest BCUT2D eigenvalue weighted by Crippen LogP contribution is -2.33. The Morgan fingerprint density at radius 3 is 2.96 bits per heavy atom. The molecule has 1 atom stereocenters. The summed E-state index contributed by atoms with van der Waals surface area (Å²) in [5.74, 6) is -0.0265. The van der Waals surface area contributed by atoms with Crippen LogP contribution < -0.4 is 10.9 Å². The second kappa shape index (κ2) is 8.41. The Kier molecular flexibility index (Phi) is 6.21. The van der Waals surface area contributed by atoms with E-state index < -0.39 is 0 Å². The molecule has 0 saturated heterocycles. The van der Waals surface area contributed by atoms with Crippen LogP contribution in [0.3, 0.4) is 0 Å². The fourth-order valence-electron chi connectivity index (χ4n) is 2.59. The van der Waals surface area contributed by atoms with Crippen molar-refractivity contribution in [3.8, 4) is 0 Å². The van der Waals surface area contributed by atoms with Crippen LogP contribution in [-0.4, -0.2) is 40.5 Å². The molecule has 1 heterocycles. The fourth-order valence-corrected chi connectivity index (χ4v) is 3.70. The Labute approximate surface area is 161 Å². The van der Waals surface area contributed by atoms with Crippen LogP contribution in [0.4, 0.5) is 0 Å². The Bertz CT molecular complexity index is 867. The van der Waals surface area contributed by atoms with E-state index >= 15 is 0 Å². The number of fused-ring (bicyclic) bond motifs is 1. The first-order valence-corrected chi connectivity index (χ1v) is 9.91. The smallest absolute Gasteiger partial charge is 0.262 e. The third-order valence-corrected chi connectivity index (χ3v) is 5.51. The molecule has 0 radical (unpaired) electrons. The van der Waals surface area contributed by atoms with Crippen molar-refractivity contribution in [1.82, 2.24) is 14.9 Å². The number of nitrogens with zero attached hydrogens (tertiary/aromatic N) is 2. The summed E-state index contributed by atoms with van der Waals surface area (Å²) < 4.78 is 6.72. The largest absolute Gasteiger partial charge is 0.385 e. The highest BCUT2D eigenvalue weighted by Gasteiger charge is 2.27. The van der Waals surface area contributed by atoms with Gasteiger partial charge in [-0.3, -0.25) is 14.2 Å². The summed E-state index contributed by atoms with van der Waals surface area (Å²) in [6.45, 7) is 2.86. The molecule has 1 aromatic heterocycles. The van der Waals surface area contributed by atoms with Gasteiger partial charge in [-0.1, -0.05) is 23.4 Å². The van der Waals surface area contributed by atoms with Crippen LogP contribution in [0.5, 0.6) is 0 Å². The number of methoxy groups -OCH3 is 1. The highest BCUT2D eigenvalue weighted by atomic mass is 35.5. The third kappa shape index (κ3) is 4.58. The molecule has 1 aliphatic rings. The molecule has 1 N–H and O–H groups in total. The number of ether oxygens (including phenoxy) is 1. The number of carbonyl (C=O) groups is 1. The number of aromatic nitrogens is 2. The van der Waals surface area contributed by atoms with Crippen molar-refractivity contribution < 1.29 is 9.53 Å². The van der Waals surface area contributed by atoms with Crippen molar-refractivity contribution in [1.29, 1.82) is 0 Å². The Morgan fingerprint density at radius 1 is 1.50 bits per heavy atom. The molecule has 6 nitrogen and oxygen atoms in total. The summed E-state index contributed by atoms with van der Waals surface area (Å²) in [4.78, 5) is 29.8. The summed E-state index contributed by atoms with van der Waals surface area (Å²) in [6, 6.07) is 5.36. The first kappa shape index (κ1) is 19.2. The molecular formula is C18H22ClN3O3S. The van der Waals surface area contributed by atoms with Crippen LogP contribution in [0.1, 0.15) is 26.2 Å². The summed E-state index contributed by atoms with van der Waals surface area (Å²) >= 11 is 7.35. The molecule has 0 unspecified atom stereocenters. The van der Waals surface area contributed by atoms with Crippen molar-refractivity contribution in [3.05, 3.63) is 33.6 Å². The standard InChI is InChI=1S/C18H22ClN3O3S/c1-11(16(23)20-13-5-6-13)26-18-21-15-10-12(19)4-7-14(15)17(24)22(18)8-3-9-25-2/h4,7,10-11,13H,3,5-6,8-9H2,1-2H3,(H,20,23)/t11-/m1/s1. The second-order valence-corrected chi connectivity index (χ2v) is 8.15. The molecule has 0 aliphatic heterocycles. The van der Waals surface area contributed by atoms with Gasteiger partial charge in [0.2, 0.25) is 5.91 Å². The van der Waals surface area contributed by atoms with Crippen LogP contribution in [0, 0.1) is 0 Å². The maximum absolute atomic E-state index is 12.9. The van der Waals surface area contributed by atoms with Gasteiger partial charge in [-0.05, 0) is 44.4 Å².